The highest BCUT2D eigenvalue weighted by Gasteiger charge is 2.44. The largest absolute Gasteiger partial charge is 0.507 e. The smallest absolute Gasteiger partial charge is 0.414 e. The van der Waals surface area contributed by atoms with Crippen molar-refractivity contribution in [2.45, 2.75) is 91.5 Å². The second kappa shape index (κ2) is 11.1. The van der Waals surface area contributed by atoms with E-state index in [0.717, 1.165) is 0 Å². The van der Waals surface area contributed by atoms with Crippen LogP contribution in [0.1, 0.15) is 77.7 Å². The number of fused-ring (bicyclic) bond motifs is 2. The normalized spacial score (nSPS) is 30.1. The van der Waals surface area contributed by atoms with Gasteiger partial charge in [0, 0.05) is 24.9 Å². The molecule has 1 saturated heterocycles. The van der Waals surface area contributed by atoms with Gasteiger partial charge < -0.3 is 24.1 Å². The Balaban J connectivity index is 2.06. The predicted octanol–water partition coefficient (Wildman–Crippen LogP) is 6.37. The fourth-order valence-corrected chi connectivity index (χ4v) is 4.45. The number of ether oxygens (including phenoxy) is 4. The number of hydrogen-bond donors (Lipinski definition) is 1. The van der Waals surface area contributed by atoms with E-state index in [1.807, 2.05) is 0 Å². The zero-order valence-corrected chi connectivity index (χ0v) is 23.7. The van der Waals surface area contributed by atoms with Gasteiger partial charge >= 0.3 is 12.1 Å². The van der Waals surface area contributed by atoms with E-state index in [2.05, 4.69) is 0 Å². The number of benzene rings is 1. The van der Waals surface area contributed by atoms with Gasteiger partial charge in [-0.15, -0.1) is 0 Å². The van der Waals surface area contributed by atoms with Gasteiger partial charge in [0.1, 0.15) is 28.8 Å². The van der Waals surface area contributed by atoms with E-state index in [-0.39, 0.29) is 17.1 Å². The first-order valence-electron chi connectivity index (χ1n) is 12.9. The summed E-state index contributed by atoms with van der Waals surface area (Å²) in [4.78, 5) is 27.1. The first-order chi connectivity index (χ1) is 17.5. The van der Waals surface area contributed by atoms with Gasteiger partial charge in [0.2, 0.25) is 0 Å². The van der Waals surface area contributed by atoms with E-state index < -0.39 is 53.6 Å². The fourth-order valence-electron chi connectivity index (χ4n) is 4.45. The van der Waals surface area contributed by atoms with Crippen LogP contribution >= 0.6 is 0 Å². The molecule has 0 aliphatic carbocycles. The Kier molecular flexibility index (Phi) is 8.63. The molecule has 3 rings (SSSR count). The van der Waals surface area contributed by atoms with Crippen molar-refractivity contribution in [3.63, 3.8) is 0 Å². The second-order valence-corrected chi connectivity index (χ2v) is 11.6. The summed E-state index contributed by atoms with van der Waals surface area (Å²) >= 11 is 0. The summed E-state index contributed by atoms with van der Waals surface area (Å²) in [5.74, 6) is -3.39. The number of halogens is 1. The Hall–Kier alpha value is -2.91. The maximum absolute atomic E-state index is 15.2. The molecule has 9 heteroatoms. The number of hydrogen-bond acceptors (Lipinski definition) is 7. The molecule has 1 fully saturated rings. The molecule has 210 valence electrons. The number of aromatic hydroxyl groups is 1. The summed E-state index contributed by atoms with van der Waals surface area (Å²) < 4.78 is 38.4. The van der Waals surface area contributed by atoms with Crippen molar-refractivity contribution in [1.82, 2.24) is 0 Å². The highest BCUT2D eigenvalue weighted by molar-refractivity contribution is 5.99. The average molecular weight is 534 g/mol. The molecule has 0 aromatic heterocycles. The number of esters is 1. The Labute approximate surface area is 224 Å². The minimum Gasteiger partial charge on any atom is -0.507 e. The van der Waals surface area contributed by atoms with Crippen LogP contribution in [0.5, 0.6) is 5.75 Å². The highest BCUT2D eigenvalue weighted by atomic mass is 19.1. The van der Waals surface area contributed by atoms with Crippen LogP contribution in [-0.4, -0.2) is 53.9 Å². The molecule has 0 unspecified atom stereocenters. The topological polar surface area (TPSA) is 94.5 Å². The average Bonchev–Trinajstić information content (AvgIpc) is 3.09. The zero-order valence-electron chi connectivity index (χ0n) is 23.7. The van der Waals surface area contributed by atoms with Gasteiger partial charge in [-0.25, -0.2) is 14.0 Å². The number of phenols is 1. The van der Waals surface area contributed by atoms with E-state index in [4.69, 9.17) is 18.9 Å². The second-order valence-electron chi connectivity index (χ2n) is 11.6. The lowest BCUT2D eigenvalue weighted by molar-refractivity contribution is -0.149. The zero-order chi connectivity index (χ0) is 28.6. The standard InChI is InChI=1S/C29H40FNO7/c1-16-13-21(30)17(2)25-23(36-29(7,8)37-25)12-10-11-19-14-20(31(9)27(34)38-28(4,5)6)15-22(32)24(19)26(33)35-18(16)3/h10-11,13-18,23,25,32H,12H2,1-9H3/b11-10+,21-13+/t16-,17-,18+,23+,25-/m1/s1. The molecular formula is C29H40FNO7. The van der Waals surface area contributed by atoms with Gasteiger partial charge in [-0.2, -0.15) is 0 Å². The van der Waals surface area contributed by atoms with Gasteiger partial charge in [0.25, 0.3) is 0 Å². The Morgan fingerprint density at radius 1 is 1.18 bits per heavy atom. The predicted molar refractivity (Wildman–Crippen MR) is 143 cm³/mol. The summed E-state index contributed by atoms with van der Waals surface area (Å²) in [6.45, 7) is 14.0. The number of nitrogens with zero attached hydrogens (tertiary/aromatic N) is 1. The molecule has 1 aromatic carbocycles. The monoisotopic (exact) mass is 533 g/mol. The van der Waals surface area contributed by atoms with Crippen LogP contribution in [0.2, 0.25) is 0 Å². The van der Waals surface area contributed by atoms with Crippen LogP contribution in [0.15, 0.2) is 30.1 Å². The van der Waals surface area contributed by atoms with Crippen LogP contribution in [0.4, 0.5) is 14.9 Å². The van der Waals surface area contributed by atoms with Crippen molar-refractivity contribution in [3.05, 3.63) is 41.2 Å². The summed E-state index contributed by atoms with van der Waals surface area (Å²) in [6.07, 6.45) is 2.96. The molecule has 8 nitrogen and oxygen atoms in total. The molecule has 0 saturated carbocycles. The van der Waals surface area contributed by atoms with Gasteiger partial charge in [0.05, 0.1) is 17.9 Å². The molecule has 5 atom stereocenters. The van der Waals surface area contributed by atoms with Crippen molar-refractivity contribution >= 4 is 23.8 Å². The number of carbonyl (C=O) groups excluding carboxylic acids is 2. The molecule has 2 heterocycles. The fraction of sp³-hybridized carbons (Fsp3) is 0.586. The van der Waals surface area contributed by atoms with E-state index in [1.165, 1.54) is 24.1 Å². The first-order valence-corrected chi connectivity index (χ1v) is 12.9. The van der Waals surface area contributed by atoms with E-state index in [0.29, 0.717) is 17.7 Å². The van der Waals surface area contributed by atoms with E-state index in [1.54, 1.807) is 73.6 Å². The van der Waals surface area contributed by atoms with Gasteiger partial charge in [-0.1, -0.05) is 26.0 Å². The van der Waals surface area contributed by atoms with Crippen molar-refractivity contribution < 1.29 is 38.0 Å². The number of rotatable bonds is 1. The lowest BCUT2D eigenvalue weighted by Gasteiger charge is -2.26. The van der Waals surface area contributed by atoms with Crippen molar-refractivity contribution in [3.8, 4) is 5.75 Å². The van der Waals surface area contributed by atoms with Crippen molar-refractivity contribution in [2.75, 3.05) is 11.9 Å². The van der Waals surface area contributed by atoms with Gasteiger partial charge in [0.15, 0.2) is 5.79 Å². The molecule has 0 bridgehead atoms. The summed E-state index contributed by atoms with van der Waals surface area (Å²) in [5, 5.41) is 10.9. The Morgan fingerprint density at radius 2 is 1.84 bits per heavy atom. The molecular weight excluding hydrogens is 493 g/mol. The molecule has 2 aliphatic heterocycles. The van der Waals surface area contributed by atoms with Crippen LogP contribution in [-0.2, 0) is 18.9 Å². The number of carbonyl (C=O) groups is 2. The highest BCUT2D eigenvalue weighted by Crippen LogP contribution is 2.38. The maximum Gasteiger partial charge on any atom is 0.414 e. The van der Waals surface area contributed by atoms with Crippen LogP contribution in [0, 0.1) is 11.8 Å². The molecule has 1 N–H and O–H groups in total. The molecule has 2 aliphatic rings. The Bertz CT molecular complexity index is 1120. The van der Waals surface area contributed by atoms with Crippen LogP contribution in [0.3, 0.4) is 0 Å². The minimum absolute atomic E-state index is 0.0583. The molecule has 0 spiro atoms. The molecule has 1 aromatic rings. The van der Waals surface area contributed by atoms with Gasteiger partial charge in [-0.05, 0) is 65.7 Å². The minimum atomic E-state index is -0.886. The SMILES string of the molecule is C[C@@H]1/C=C(/F)[C@@H](C)[C@H]2OC(C)(C)O[C@H]2C/C=C/c2cc(N(C)C(=O)OC(C)(C)C)cc(O)c2C(=O)O[C@H]1C. The number of cyclic esters (lactones) is 1. The van der Waals surface area contributed by atoms with E-state index >= 15 is 4.39 Å². The number of anilines is 1. The van der Waals surface area contributed by atoms with E-state index in [9.17, 15) is 14.7 Å². The summed E-state index contributed by atoms with van der Waals surface area (Å²) in [7, 11) is 1.52. The lowest BCUT2D eigenvalue weighted by Crippen LogP contribution is -2.34. The van der Waals surface area contributed by atoms with Crippen molar-refractivity contribution in [1.29, 1.82) is 0 Å². The molecule has 1 amide bonds. The molecule has 0 radical (unpaired) electrons. The summed E-state index contributed by atoms with van der Waals surface area (Å²) in [6, 6.07) is 2.91. The summed E-state index contributed by atoms with van der Waals surface area (Å²) in [5.41, 5.74) is -0.0940. The third-order valence-electron chi connectivity index (χ3n) is 6.66. The quantitative estimate of drug-likeness (QED) is 0.419. The third-order valence-corrected chi connectivity index (χ3v) is 6.66. The molecule has 38 heavy (non-hydrogen) atoms. The van der Waals surface area contributed by atoms with Crippen LogP contribution in [0.25, 0.3) is 6.08 Å². The maximum atomic E-state index is 15.2. The lowest BCUT2D eigenvalue weighted by atomic mass is 9.93. The van der Waals surface area contributed by atoms with Gasteiger partial charge in [-0.3, -0.25) is 4.90 Å². The van der Waals surface area contributed by atoms with Crippen LogP contribution < -0.4 is 4.90 Å². The number of amides is 1. The number of phenolic OH excluding ortho intramolecular Hbond substituents is 1. The Morgan fingerprint density at radius 3 is 2.47 bits per heavy atom. The third kappa shape index (κ3) is 6.94. The first kappa shape index (κ1) is 29.6. The van der Waals surface area contributed by atoms with Crippen molar-refractivity contribution in [2.24, 2.45) is 11.8 Å².